The number of aromatic nitrogens is 3. The first-order chi connectivity index (χ1) is 15.3. The van der Waals surface area contributed by atoms with E-state index in [1.54, 1.807) is 19.2 Å². The van der Waals surface area contributed by atoms with E-state index in [4.69, 9.17) is 0 Å². The van der Waals surface area contributed by atoms with E-state index >= 15 is 0 Å². The number of hydrogen-bond acceptors (Lipinski definition) is 7. The first-order valence-corrected chi connectivity index (χ1v) is 11.2. The molecule has 0 fully saturated rings. The average molecular weight is 455 g/mol. The molecule has 168 valence electrons. The largest absolute Gasteiger partial charge is 0.372 e. The molecule has 0 bridgehead atoms. The summed E-state index contributed by atoms with van der Waals surface area (Å²) in [5, 5.41) is 20.0. The van der Waals surface area contributed by atoms with Gasteiger partial charge in [0, 0.05) is 56.3 Å². The molecule has 0 aliphatic carbocycles. The summed E-state index contributed by atoms with van der Waals surface area (Å²) < 4.78 is 1.87. The maximum Gasteiger partial charge on any atom is 0.269 e. The van der Waals surface area contributed by atoms with Gasteiger partial charge in [-0.25, -0.2) is 0 Å². The fraction of sp³-hybridized carbons (Fsp3) is 0.318. The Hall–Kier alpha value is -3.40. The Bertz CT molecular complexity index is 1080. The van der Waals surface area contributed by atoms with Gasteiger partial charge in [-0.1, -0.05) is 11.8 Å². The van der Waals surface area contributed by atoms with E-state index < -0.39 is 4.92 Å². The monoisotopic (exact) mass is 454 g/mol. The van der Waals surface area contributed by atoms with Gasteiger partial charge in [-0.3, -0.25) is 14.9 Å². The highest BCUT2D eigenvalue weighted by molar-refractivity contribution is 7.99. The summed E-state index contributed by atoms with van der Waals surface area (Å²) in [6, 6.07) is 14.1. The molecule has 0 N–H and O–H groups in total. The number of amides is 1. The molecule has 0 spiro atoms. The Morgan fingerprint density at radius 1 is 1.03 bits per heavy atom. The number of nitrogens with zero attached hydrogens (tertiary/aromatic N) is 6. The topological polar surface area (TPSA) is 97.4 Å². The number of non-ortho nitro benzene ring substituents is 1. The van der Waals surface area contributed by atoms with Crippen LogP contribution < -0.4 is 9.80 Å². The van der Waals surface area contributed by atoms with Gasteiger partial charge in [0.25, 0.3) is 5.69 Å². The van der Waals surface area contributed by atoms with Crippen LogP contribution in [0.15, 0.2) is 53.7 Å². The zero-order chi connectivity index (χ0) is 23.3. The Labute approximate surface area is 191 Å². The predicted molar refractivity (Wildman–Crippen MR) is 127 cm³/mol. The summed E-state index contributed by atoms with van der Waals surface area (Å²) >= 11 is 1.30. The van der Waals surface area contributed by atoms with E-state index in [0.717, 1.165) is 30.2 Å². The van der Waals surface area contributed by atoms with Crippen molar-refractivity contribution in [2.75, 3.05) is 35.7 Å². The van der Waals surface area contributed by atoms with Crippen LogP contribution in [-0.2, 0) is 11.8 Å². The first kappa shape index (κ1) is 23.3. The van der Waals surface area contributed by atoms with Crippen LogP contribution in [0.25, 0.3) is 11.4 Å². The zero-order valence-electron chi connectivity index (χ0n) is 18.6. The van der Waals surface area contributed by atoms with Crippen LogP contribution in [-0.4, -0.2) is 51.5 Å². The fourth-order valence-corrected chi connectivity index (χ4v) is 4.09. The van der Waals surface area contributed by atoms with Crippen LogP contribution in [0.5, 0.6) is 0 Å². The molecule has 10 heteroatoms. The zero-order valence-corrected chi connectivity index (χ0v) is 19.4. The molecule has 0 unspecified atom stereocenters. The molecule has 32 heavy (non-hydrogen) atoms. The van der Waals surface area contributed by atoms with Crippen molar-refractivity contribution in [3.05, 3.63) is 58.6 Å². The van der Waals surface area contributed by atoms with Crippen molar-refractivity contribution in [3.8, 4) is 11.4 Å². The quantitative estimate of drug-likeness (QED) is 0.274. The predicted octanol–water partition coefficient (Wildman–Crippen LogP) is 3.99. The lowest BCUT2D eigenvalue weighted by molar-refractivity contribution is -0.384. The minimum atomic E-state index is -0.468. The lowest BCUT2D eigenvalue weighted by Crippen LogP contribution is -2.28. The highest BCUT2D eigenvalue weighted by Crippen LogP contribution is 2.26. The summed E-state index contributed by atoms with van der Waals surface area (Å²) in [4.78, 5) is 26.7. The van der Waals surface area contributed by atoms with E-state index in [-0.39, 0.29) is 17.3 Å². The number of nitro benzene ring substituents is 1. The molecule has 0 aliphatic heterocycles. The third kappa shape index (κ3) is 5.08. The van der Waals surface area contributed by atoms with Crippen molar-refractivity contribution in [3.63, 3.8) is 0 Å². The van der Waals surface area contributed by atoms with Crippen molar-refractivity contribution in [2.45, 2.75) is 19.0 Å². The van der Waals surface area contributed by atoms with Gasteiger partial charge < -0.3 is 14.4 Å². The van der Waals surface area contributed by atoms with Gasteiger partial charge in [-0.15, -0.1) is 10.2 Å². The molecular formula is C22H26N6O3S. The molecule has 1 heterocycles. The highest BCUT2D eigenvalue weighted by Gasteiger charge is 2.17. The molecule has 1 amide bonds. The molecule has 3 rings (SSSR count). The van der Waals surface area contributed by atoms with Gasteiger partial charge >= 0.3 is 0 Å². The summed E-state index contributed by atoms with van der Waals surface area (Å²) in [5.41, 5.74) is 2.70. The lowest BCUT2D eigenvalue weighted by atomic mass is 10.2. The van der Waals surface area contributed by atoms with Crippen molar-refractivity contribution in [1.82, 2.24) is 14.8 Å². The van der Waals surface area contributed by atoms with Crippen LogP contribution in [0, 0.1) is 10.1 Å². The van der Waals surface area contributed by atoms with E-state index in [1.807, 2.05) is 23.7 Å². The molecule has 3 aromatic rings. The van der Waals surface area contributed by atoms with Crippen LogP contribution in [0.4, 0.5) is 17.1 Å². The van der Waals surface area contributed by atoms with Crippen molar-refractivity contribution in [2.24, 2.45) is 7.05 Å². The first-order valence-electron chi connectivity index (χ1n) is 10.2. The third-order valence-electron chi connectivity index (χ3n) is 5.24. The molecule has 0 saturated heterocycles. The van der Waals surface area contributed by atoms with E-state index in [9.17, 15) is 14.9 Å². The normalized spacial score (nSPS) is 10.8. The van der Waals surface area contributed by atoms with Gasteiger partial charge in [0.1, 0.15) is 0 Å². The second-order valence-corrected chi connectivity index (χ2v) is 8.04. The number of nitro groups is 1. The van der Waals surface area contributed by atoms with Crippen LogP contribution in [0.1, 0.15) is 13.8 Å². The van der Waals surface area contributed by atoms with Crippen LogP contribution in [0.3, 0.4) is 0 Å². The van der Waals surface area contributed by atoms with Crippen molar-refractivity contribution in [1.29, 1.82) is 0 Å². The molecule has 2 aromatic carbocycles. The SMILES string of the molecule is CCN(CC)c1ccc(-c2nnc(SCC(=O)N(C)c3ccc([N+](=O)[O-])cc3)n2C)cc1. The Balaban J connectivity index is 1.65. The second-order valence-electron chi connectivity index (χ2n) is 7.10. The molecule has 1 aromatic heterocycles. The minimum absolute atomic E-state index is 0.0132. The maximum atomic E-state index is 12.6. The number of rotatable bonds is 9. The highest BCUT2D eigenvalue weighted by atomic mass is 32.2. The Morgan fingerprint density at radius 3 is 2.19 bits per heavy atom. The summed E-state index contributed by atoms with van der Waals surface area (Å²) in [6.07, 6.45) is 0. The molecule has 9 nitrogen and oxygen atoms in total. The van der Waals surface area contributed by atoms with Crippen molar-refractivity contribution >= 4 is 34.7 Å². The van der Waals surface area contributed by atoms with Gasteiger partial charge in [0.2, 0.25) is 5.91 Å². The van der Waals surface area contributed by atoms with E-state index in [0.29, 0.717) is 10.8 Å². The van der Waals surface area contributed by atoms with Crippen molar-refractivity contribution < 1.29 is 9.72 Å². The second kappa shape index (κ2) is 10.3. The van der Waals surface area contributed by atoms with Gasteiger partial charge in [-0.05, 0) is 50.2 Å². The van der Waals surface area contributed by atoms with Crippen LogP contribution >= 0.6 is 11.8 Å². The van der Waals surface area contributed by atoms with E-state index in [1.165, 1.54) is 28.8 Å². The van der Waals surface area contributed by atoms with Gasteiger partial charge in [-0.2, -0.15) is 0 Å². The minimum Gasteiger partial charge on any atom is -0.372 e. The standard InChI is InChI=1S/C22H26N6O3S/c1-5-27(6-2)18-9-7-16(8-10-18)21-23-24-22(26(21)4)32-15-20(29)25(3)17-11-13-19(14-12-17)28(30)31/h7-14H,5-6,15H2,1-4H3. The van der Waals surface area contributed by atoms with Crippen LogP contribution in [0.2, 0.25) is 0 Å². The Kier molecular flexibility index (Phi) is 7.47. The number of anilines is 2. The average Bonchev–Trinajstić information content (AvgIpc) is 3.18. The van der Waals surface area contributed by atoms with Gasteiger partial charge in [0.05, 0.1) is 10.7 Å². The molecular weight excluding hydrogens is 428 g/mol. The molecule has 0 saturated carbocycles. The fourth-order valence-electron chi connectivity index (χ4n) is 3.27. The number of benzene rings is 2. The number of carbonyl (C=O) groups excluding carboxylic acids is 1. The molecule has 0 aliphatic rings. The lowest BCUT2D eigenvalue weighted by Gasteiger charge is -2.21. The number of hydrogen-bond donors (Lipinski definition) is 0. The smallest absolute Gasteiger partial charge is 0.269 e. The summed E-state index contributed by atoms with van der Waals surface area (Å²) in [5.74, 6) is 0.757. The molecule has 0 atom stereocenters. The third-order valence-corrected chi connectivity index (χ3v) is 6.24. The number of thioether (sulfide) groups is 1. The molecule has 0 radical (unpaired) electrons. The van der Waals surface area contributed by atoms with E-state index in [2.05, 4.69) is 41.1 Å². The Morgan fingerprint density at radius 2 is 1.62 bits per heavy atom. The van der Waals surface area contributed by atoms with Gasteiger partial charge in [0.15, 0.2) is 11.0 Å². The maximum absolute atomic E-state index is 12.6. The number of carbonyl (C=O) groups is 1. The summed E-state index contributed by atoms with van der Waals surface area (Å²) in [7, 11) is 3.52. The summed E-state index contributed by atoms with van der Waals surface area (Å²) in [6.45, 7) is 6.15.